The maximum atomic E-state index is 6.41. The third-order valence-electron chi connectivity index (χ3n) is 10.7. The van der Waals surface area contributed by atoms with Gasteiger partial charge in [-0.3, -0.25) is 0 Å². The van der Waals surface area contributed by atoms with Crippen molar-refractivity contribution in [3.05, 3.63) is 76.3 Å². The van der Waals surface area contributed by atoms with Crippen LogP contribution in [0.25, 0.3) is 0 Å². The van der Waals surface area contributed by atoms with Gasteiger partial charge in [0.1, 0.15) is 0 Å². The second-order valence-corrected chi connectivity index (χ2v) is 46.9. The van der Waals surface area contributed by atoms with Gasteiger partial charge in [0.05, 0.1) is 208 Å². The van der Waals surface area contributed by atoms with Crippen molar-refractivity contribution >= 4 is 282 Å². The minimum atomic E-state index is 0.585. The zero-order valence-electron chi connectivity index (χ0n) is 45.5. The lowest BCUT2D eigenvalue weighted by Gasteiger charge is -2.08. The van der Waals surface area contributed by atoms with Gasteiger partial charge in [0.2, 0.25) is 0 Å². The highest BCUT2D eigenvalue weighted by molar-refractivity contribution is 8.47. The molecule has 0 saturated carbocycles. The minimum Gasteiger partial charge on any atom is -0.380 e. The molecule has 0 atom stereocenters. The molecule has 10 nitrogen and oxygen atoms in total. The van der Waals surface area contributed by atoms with Crippen LogP contribution in [0, 0.1) is 0 Å². The number of ether oxygens (including phenoxy) is 10. The van der Waals surface area contributed by atoms with Gasteiger partial charge in [-0.25, -0.2) is 0 Å². The van der Waals surface area contributed by atoms with E-state index in [0.29, 0.717) is 132 Å². The van der Waals surface area contributed by atoms with E-state index in [1.165, 1.54) is 76.3 Å². The van der Waals surface area contributed by atoms with Gasteiger partial charge in [0.15, 0.2) is 0 Å². The van der Waals surface area contributed by atoms with E-state index in [-0.39, 0.29) is 0 Å². The second kappa shape index (κ2) is 43.1. The van der Waals surface area contributed by atoms with Crippen LogP contribution in [0.4, 0.5) is 0 Å². The highest BCUT2D eigenvalue weighted by Crippen LogP contribution is 2.69. The van der Waals surface area contributed by atoms with Gasteiger partial charge in [-0.15, -0.1) is 141 Å². The molecule has 468 valence electrons. The summed E-state index contributed by atoms with van der Waals surface area (Å²) >= 11 is 46.3. The molecule has 0 saturated heterocycles. The van der Waals surface area contributed by atoms with Crippen molar-refractivity contribution in [2.24, 2.45) is 0 Å². The lowest BCUT2D eigenvalue weighted by Crippen LogP contribution is -2.08. The van der Waals surface area contributed by atoms with E-state index in [2.05, 4.69) is 0 Å². The molecule has 0 aliphatic carbocycles. The SMILES string of the molecule is C1COCCSC2=C3SCCOCCSC4=C5SCCOCCOCCSC6=C(SCCO1)SC(=C1SC7=C(SCCOCCOCCSC8=C(SCCOCCSC9=C(SCCOCCOCCS7)S/C(=C(\S2)S3)S9)S/C(=C(/S5)S4)S8)S1)S6. The van der Waals surface area contributed by atoms with Crippen LogP contribution in [0.15, 0.2) is 76.3 Å². The van der Waals surface area contributed by atoms with E-state index in [1.54, 1.807) is 0 Å². The maximum absolute atomic E-state index is 6.41. The van der Waals surface area contributed by atoms with Gasteiger partial charge < -0.3 is 47.4 Å². The van der Waals surface area contributed by atoms with Gasteiger partial charge in [-0.05, 0) is 0 Å². The fraction of sp³-hybridized carbons (Fsp3) is 0.640. The van der Waals surface area contributed by atoms with Crippen molar-refractivity contribution < 1.29 is 47.4 Å². The Morgan fingerprint density at radius 3 is 0.321 bits per heavy atom. The first-order valence-corrected chi connectivity index (χ1v) is 48.5. The molecule has 9 aliphatic rings. The lowest BCUT2D eigenvalue weighted by atomic mass is 10.7. The van der Waals surface area contributed by atoms with Crippen molar-refractivity contribution in [2.75, 3.05) is 201 Å². The summed E-state index contributed by atoms with van der Waals surface area (Å²) in [6.07, 6.45) is 0. The normalized spacial score (nSPS) is 28.3. The van der Waals surface area contributed by atoms with Crippen LogP contribution in [0.5, 0.6) is 0 Å². The summed E-state index contributed by atoms with van der Waals surface area (Å²) in [5.74, 6) is 10.7. The van der Waals surface area contributed by atoms with Crippen LogP contribution in [0.1, 0.15) is 0 Å². The van der Waals surface area contributed by atoms with Crippen molar-refractivity contribution in [3.8, 4) is 0 Å². The number of rotatable bonds is 0. The Hall–Kier alpha value is 5.66. The molecule has 18 bridgehead atoms. The molecule has 84 heavy (non-hydrogen) atoms. The van der Waals surface area contributed by atoms with Crippen LogP contribution < -0.4 is 0 Å². The summed E-state index contributed by atoms with van der Waals surface area (Å²) in [6.45, 7) is 12.9. The molecule has 9 aliphatic heterocycles. The Bertz CT molecular complexity index is 2150. The first-order valence-electron chi connectivity index (χ1n) is 26.8. The molecule has 0 aromatic carbocycles. The molecule has 0 N–H and O–H groups in total. The first kappa shape index (κ1) is 72.4. The molecule has 0 aromatic heterocycles. The summed E-state index contributed by atoms with van der Waals surface area (Å²) in [5.41, 5.74) is 0. The average molecular weight is 1590 g/mol. The van der Waals surface area contributed by atoms with E-state index in [1.807, 2.05) is 282 Å². The van der Waals surface area contributed by atoms with E-state index in [9.17, 15) is 0 Å². The summed E-state index contributed by atoms with van der Waals surface area (Å²) in [7, 11) is 0. The number of fused-ring (bicyclic) bond motifs is 12. The van der Waals surface area contributed by atoms with Crippen LogP contribution >= 0.6 is 282 Å². The lowest BCUT2D eigenvalue weighted by molar-refractivity contribution is 0.0605. The zero-order valence-corrected chi connectivity index (χ0v) is 65.1. The summed E-state index contributed by atoms with van der Waals surface area (Å²) in [6, 6.07) is 0. The summed E-state index contributed by atoms with van der Waals surface area (Å²) in [4.78, 5) is 0. The maximum Gasteiger partial charge on any atom is 0.0717 e. The Labute approximate surface area is 598 Å². The van der Waals surface area contributed by atoms with Gasteiger partial charge in [-0.2, -0.15) is 0 Å². The molecule has 0 fully saturated rings. The van der Waals surface area contributed by atoms with Crippen LogP contribution in [0.2, 0.25) is 0 Å². The average Bonchev–Trinajstić information content (AvgIpc) is 4.10. The van der Waals surface area contributed by atoms with E-state index < -0.39 is 0 Å². The third-order valence-corrected chi connectivity index (χ3v) is 45.0. The minimum absolute atomic E-state index is 0.585. The molecular formula is C50H64O10S24. The Morgan fingerprint density at radius 1 is 0.119 bits per heavy atom. The number of thioether (sulfide) groups is 24. The second-order valence-electron chi connectivity index (χ2n) is 16.7. The molecule has 9 rings (SSSR count). The van der Waals surface area contributed by atoms with Gasteiger partial charge >= 0.3 is 0 Å². The monoisotopic (exact) mass is 1590 g/mol. The Balaban J connectivity index is 0.921. The largest absolute Gasteiger partial charge is 0.380 e. The van der Waals surface area contributed by atoms with E-state index in [4.69, 9.17) is 47.4 Å². The van der Waals surface area contributed by atoms with Gasteiger partial charge in [0, 0.05) is 69.0 Å². The molecule has 0 amide bonds. The number of hydrogen-bond acceptors (Lipinski definition) is 34. The van der Waals surface area contributed by atoms with E-state index in [0.717, 1.165) is 69.0 Å². The van der Waals surface area contributed by atoms with Crippen LogP contribution in [0.3, 0.4) is 0 Å². The summed E-state index contributed by atoms with van der Waals surface area (Å²) in [5, 5.41) is 0. The highest BCUT2D eigenvalue weighted by atomic mass is 32.3. The molecule has 0 unspecified atom stereocenters. The van der Waals surface area contributed by atoms with Gasteiger partial charge in [0.25, 0.3) is 0 Å². The topological polar surface area (TPSA) is 92.3 Å². The quantitative estimate of drug-likeness (QED) is 0.230. The van der Waals surface area contributed by atoms with Crippen LogP contribution in [-0.2, 0) is 47.4 Å². The molecule has 0 aromatic rings. The highest BCUT2D eigenvalue weighted by Gasteiger charge is 2.35. The molecule has 34 heteroatoms. The fourth-order valence-corrected chi connectivity index (χ4v) is 42.1. The molecular weight excluding hydrogens is 1530 g/mol. The summed E-state index contributed by atoms with van der Waals surface area (Å²) < 4.78 is 87.1. The predicted octanol–water partition coefficient (Wildman–Crippen LogP) is 19.0. The van der Waals surface area contributed by atoms with Crippen LogP contribution in [-0.4, -0.2) is 201 Å². The van der Waals surface area contributed by atoms with Crippen molar-refractivity contribution in [3.63, 3.8) is 0 Å². The smallest absolute Gasteiger partial charge is 0.0717 e. The van der Waals surface area contributed by atoms with Crippen molar-refractivity contribution in [1.82, 2.24) is 0 Å². The van der Waals surface area contributed by atoms with Crippen molar-refractivity contribution in [1.29, 1.82) is 0 Å². The van der Waals surface area contributed by atoms with Gasteiger partial charge in [-0.1, -0.05) is 141 Å². The predicted molar refractivity (Wildman–Crippen MR) is 412 cm³/mol. The standard InChI is InChI=1S/C50H64O10S24/c1-5-55-13-25-65-37-41-69-29-17-59-18-30-71-43-39-67-27-15-56-6-2-52-10-22-62-34-33(61-21-9-51-1)73-45(74-34)46-75-35-36(76-46)64-24-12-54-4-8-58-16-28-68-40-44(84-50(80-40)49(79-39)83-43)72-32-20-60-19-31-70-42-38(78-48(82-42)47(77-37)81-41)66-26-14-57-7-3-53-11-23-63-35/h1-32H2/b46-45?,48-47-,50-49-. The molecule has 0 spiro atoms. The van der Waals surface area contributed by atoms with Crippen molar-refractivity contribution in [2.45, 2.75) is 0 Å². The Kier molecular flexibility index (Phi) is 37.2. The Morgan fingerprint density at radius 2 is 0.214 bits per heavy atom. The molecule has 9 heterocycles. The third kappa shape index (κ3) is 25.2. The zero-order chi connectivity index (χ0) is 57.1. The first-order chi connectivity index (χ1) is 41.7. The van der Waals surface area contributed by atoms with E-state index >= 15 is 0 Å². The number of hydrogen-bond donors (Lipinski definition) is 0. The molecule has 0 radical (unpaired) electrons. The fourth-order valence-electron chi connectivity index (χ4n) is 7.01.